The zero-order valence-electron chi connectivity index (χ0n) is 15.2. The van der Waals surface area contributed by atoms with Gasteiger partial charge in [-0.25, -0.2) is 4.98 Å². The summed E-state index contributed by atoms with van der Waals surface area (Å²) >= 11 is 0. The highest BCUT2D eigenvalue weighted by Gasteiger charge is 2.21. The molecule has 2 aliphatic rings. The van der Waals surface area contributed by atoms with Gasteiger partial charge in [0.15, 0.2) is 0 Å². The maximum atomic E-state index is 5.43. The maximum Gasteiger partial charge on any atom is 0.227 e. The van der Waals surface area contributed by atoms with E-state index in [1.165, 1.54) is 5.69 Å². The van der Waals surface area contributed by atoms with Crippen LogP contribution in [0.3, 0.4) is 0 Å². The molecule has 2 saturated heterocycles. The van der Waals surface area contributed by atoms with Crippen molar-refractivity contribution in [3.8, 4) is 5.75 Å². The zero-order chi connectivity index (χ0) is 17.8. The third-order valence-corrected chi connectivity index (χ3v) is 4.96. The van der Waals surface area contributed by atoms with E-state index in [4.69, 9.17) is 14.5 Å². The Labute approximate surface area is 154 Å². The van der Waals surface area contributed by atoms with E-state index in [9.17, 15) is 0 Å². The minimum absolute atomic E-state index is 0.764. The Kier molecular flexibility index (Phi) is 5.06. The van der Waals surface area contributed by atoms with Gasteiger partial charge in [0.05, 0.1) is 20.3 Å². The van der Waals surface area contributed by atoms with E-state index in [0.717, 1.165) is 70.0 Å². The number of aromatic nitrogens is 2. The summed E-state index contributed by atoms with van der Waals surface area (Å²) in [6.07, 6.45) is 1.86. The van der Waals surface area contributed by atoms with E-state index in [1.807, 2.05) is 24.4 Å². The van der Waals surface area contributed by atoms with Gasteiger partial charge in [0, 0.05) is 51.2 Å². The first kappa shape index (κ1) is 16.9. The number of anilines is 3. The second kappa shape index (κ2) is 7.78. The van der Waals surface area contributed by atoms with Gasteiger partial charge < -0.3 is 24.2 Å². The van der Waals surface area contributed by atoms with Gasteiger partial charge in [-0.05, 0) is 30.3 Å². The van der Waals surface area contributed by atoms with Gasteiger partial charge >= 0.3 is 0 Å². The van der Waals surface area contributed by atoms with Crippen molar-refractivity contribution in [3.05, 3.63) is 36.5 Å². The van der Waals surface area contributed by atoms with Crippen molar-refractivity contribution in [2.24, 2.45) is 0 Å². The summed E-state index contributed by atoms with van der Waals surface area (Å²) in [5, 5.41) is 0. The molecule has 7 nitrogen and oxygen atoms in total. The fraction of sp³-hybridized carbons (Fsp3) is 0.474. The minimum Gasteiger partial charge on any atom is -0.497 e. The van der Waals surface area contributed by atoms with Crippen LogP contribution in [-0.2, 0) is 4.74 Å². The van der Waals surface area contributed by atoms with Gasteiger partial charge in [-0.1, -0.05) is 0 Å². The molecule has 0 aliphatic carbocycles. The van der Waals surface area contributed by atoms with Crippen molar-refractivity contribution in [2.45, 2.75) is 0 Å². The number of hydrogen-bond donors (Lipinski definition) is 0. The predicted molar refractivity (Wildman–Crippen MR) is 102 cm³/mol. The van der Waals surface area contributed by atoms with Gasteiger partial charge in [0.25, 0.3) is 0 Å². The van der Waals surface area contributed by atoms with Crippen molar-refractivity contribution in [1.29, 1.82) is 0 Å². The Balaban J connectivity index is 1.39. The lowest BCUT2D eigenvalue weighted by Gasteiger charge is -2.36. The Morgan fingerprint density at radius 3 is 2.23 bits per heavy atom. The molecule has 0 amide bonds. The maximum absolute atomic E-state index is 5.43. The summed E-state index contributed by atoms with van der Waals surface area (Å²) in [6.45, 7) is 7.05. The number of piperazine rings is 1. The minimum atomic E-state index is 0.764. The molecule has 0 N–H and O–H groups in total. The van der Waals surface area contributed by atoms with Crippen LogP contribution >= 0.6 is 0 Å². The topological polar surface area (TPSA) is 54.0 Å². The molecule has 0 atom stereocenters. The lowest BCUT2D eigenvalue weighted by atomic mass is 10.2. The van der Waals surface area contributed by atoms with Crippen LogP contribution in [0, 0.1) is 0 Å². The SMILES string of the molecule is COc1ccc(N2CCN(c3nccc(N4CCOCC4)n3)CC2)cc1. The van der Waals surface area contributed by atoms with Crippen LogP contribution < -0.4 is 19.4 Å². The third kappa shape index (κ3) is 3.67. The number of morpholine rings is 1. The molecule has 0 spiro atoms. The van der Waals surface area contributed by atoms with Crippen LogP contribution in [-0.4, -0.2) is 69.6 Å². The number of ether oxygens (including phenoxy) is 2. The summed E-state index contributed by atoms with van der Waals surface area (Å²) in [5.41, 5.74) is 1.23. The third-order valence-electron chi connectivity index (χ3n) is 4.96. The van der Waals surface area contributed by atoms with Crippen LogP contribution in [0.5, 0.6) is 5.75 Å². The van der Waals surface area contributed by atoms with Gasteiger partial charge in [0.1, 0.15) is 11.6 Å². The number of benzene rings is 1. The van der Waals surface area contributed by atoms with Gasteiger partial charge in [-0.3, -0.25) is 0 Å². The smallest absolute Gasteiger partial charge is 0.227 e. The Bertz CT molecular complexity index is 710. The van der Waals surface area contributed by atoms with E-state index >= 15 is 0 Å². The van der Waals surface area contributed by atoms with Crippen molar-refractivity contribution >= 4 is 17.5 Å². The molecule has 0 bridgehead atoms. The van der Waals surface area contributed by atoms with E-state index in [0.29, 0.717) is 0 Å². The second-order valence-corrected chi connectivity index (χ2v) is 6.49. The molecule has 7 heteroatoms. The van der Waals surface area contributed by atoms with Gasteiger partial charge in [0.2, 0.25) is 5.95 Å². The van der Waals surface area contributed by atoms with Crippen molar-refractivity contribution in [1.82, 2.24) is 9.97 Å². The number of nitrogens with zero attached hydrogens (tertiary/aromatic N) is 5. The van der Waals surface area contributed by atoms with Gasteiger partial charge in [-0.2, -0.15) is 4.98 Å². The number of methoxy groups -OCH3 is 1. The molecule has 4 rings (SSSR count). The Hall–Kier alpha value is -2.54. The molecule has 2 aliphatic heterocycles. The summed E-state index contributed by atoms with van der Waals surface area (Å²) in [7, 11) is 1.69. The fourth-order valence-corrected chi connectivity index (χ4v) is 3.42. The molecule has 1 aromatic carbocycles. The lowest BCUT2D eigenvalue weighted by molar-refractivity contribution is 0.122. The second-order valence-electron chi connectivity index (χ2n) is 6.49. The number of hydrogen-bond acceptors (Lipinski definition) is 7. The zero-order valence-corrected chi connectivity index (χ0v) is 15.2. The van der Waals surface area contributed by atoms with Crippen LogP contribution in [0.15, 0.2) is 36.5 Å². The highest BCUT2D eigenvalue weighted by molar-refractivity contribution is 5.51. The molecule has 138 valence electrons. The molecule has 26 heavy (non-hydrogen) atoms. The molecule has 0 radical (unpaired) electrons. The molecule has 2 aromatic rings. The van der Waals surface area contributed by atoms with Gasteiger partial charge in [-0.15, -0.1) is 0 Å². The average Bonchev–Trinajstić information content (AvgIpc) is 2.75. The summed E-state index contributed by atoms with van der Waals surface area (Å²) in [4.78, 5) is 16.2. The largest absolute Gasteiger partial charge is 0.497 e. The molecule has 0 saturated carbocycles. The highest BCUT2D eigenvalue weighted by Crippen LogP contribution is 2.22. The van der Waals surface area contributed by atoms with Crippen LogP contribution in [0.4, 0.5) is 17.5 Å². The van der Waals surface area contributed by atoms with Crippen molar-refractivity contribution in [2.75, 3.05) is 74.3 Å². The van der Waals surface area contributed by atoms with Crippen molar-refractivity contribution in [3.63, 3.8) is 0 Å². The van der Waals surface area contributed by atoms with Crippen LogP contribution in [0.1, 0.15) is 0 Å². The van der Waals surface area contributed by atoms with Crippen LogP contribution in [0.2, 0.25) is 0 Å². The Morgan fingerprint density at radius 1 is 0.846 bits per heavy atom. The fourth-order valence-electron chi connectivity index (χ4n) is 3.42. The first-order chi connectivity index (χ1) is 12.8. The average molecular weight is 355 g/mol. The normalized spacial score (nSPS) is 18.1. The highest BCUT2D eigenvalue weighted by atomic mass is 16.5. The van der Waals surface area contributed by atoms with E-state index in [2.05, 4.69) is 31.8 Å². The predicted octanol–water partition coefficient (Wildman–Crippen LogP) is 1.65. The number of rotatable bonds is 4. The first-order valence-electron chi connectivity index (χ1n) is 9.13. The quantitative estimate of drug-likeness (QED) is 0.826. The molecular weight excluding hydrogens is 330 g/mol. The standard InChI is InChI=1S/C19H25N5O2/c1-25-17-4-2-16(3-5-17)22-8-10-24(11-9-22)19-20-7-6-18(21-19)23-12-14-26-15-13-23/h2-7H,8-15H2,1H3. The summed E-state index contributed by atoms with van der Waals surface area (Å²) in [6, 6.07) is 10.2. The van der Waals surface area contributed by atoms with Crippen molar-refractivity contribution < 1.29 is 9.47 Å². The monoisotopic (exact) mass is 355 g/mol. The lowest BCUT2D eigenvalue weighted by Crippen LogP contribution is -2.47. The summed E-state index contributed by atoms with van der Waals surface area (Å²) in [5.74, 6) is 2.71. The van der Waals surface area contributed by atoms with E-state index in [1.54, 1.807) is 7.11 Å². The molecule has 3 heterocycles. The Morgan fingerprint density at radius 2 is 1.54 bits per heavy atom. The molecular formula is C19H25N5O2. The molecule has 2 fully saturated rings. The molecule has 1 aromatic heterocycles. The summed E-state index contributed by atoms with van der Waals surface area (Å²) < 4.78 is 10.7. The van der Waals surface area contributed by atoms with Crippen LogP contribution in [0.25, 0.3) is 0 Å². The molecule has 0 unspecified atom stereocenters. The van der Waals surface area contributed by atoms with E-state index in [-0.39, 0.29) is 0 Å². The first-order valence-corrected chi connectivity index (χ1v) is 9.13. The van der Waals surface area contributed by atoms with E-state index < -0.39 is 0 Å².